The average Bonchev–Trinajstić information content (AvgIpc) is 3.00. The summed E-state index contributed by atoms with van der Waals surface area (Å²) < 4.78 is 19.8. The van der Waals surface area contributed by atoms with E-state index in [2.05, 4.69) is 22.4 Å². The number of rotatable bonds is 4. The Morgan fingerprint density at radius 2 is 2.12 bits per heavy atom. The van der Waals surface area contributed by atoms with Crippen molar-refractivity contribution in [2.24, 2.45) is 10.7 Å². The highest BCUT2D eigenvalue weighted by Gasteiger charge is 2.32. The number of nitrogens with zero attached hydrogens (tertiary/aromatic N) is 4. The molecule has 1 unspecified atom stereocenters. The van der Waals surface area contributed by atoms with E-state index in [9.17, 15) is 9.18 Å². The molecule has 1 atom stereocenters. The first kappa shape index (κ1) is 18.5. The van der Waals surface area contributed by atoms with E-state index < -0.39 is 12.2 Å². The molecule has 2 fully saturated rings. The number of hydrogen-bond acceptors (Lipinski definition) is 6. The second-order valence-corrected chi connectivity index (χ2v) is 6.60. The summed E-state index contributed by atoms with van der Waals surface area (Å²) in [4.78, 5) is 21.0. The molecule has 2 heterocycles. The number of cyclic esters (lactones) is 1. The van der Waals surface area contributed by atoms with Crippen LogP contribution in [0.3, 0.4) is 0 Å². The highest BCUT2D eigenvalue weighted by molar-refractivity contribution is 7.80. The van der Waals surface area contributed by atoms with Crippen LogP contribution in [0.25, 0.3) is 0 Å². The molecular weight excluding hydrogens is 377 g/mol. The number of piperazine rings is 1. The summed E-state index contributed by atoms with van der Waals surface area (Å²) in [5.41, 5.74) is 6.57. The van der Waals surface area contributed by atoms with Crippen molar-refractivity contribution in [2.45, 2.75) is 6.10 Å². The first-order valence-electron chi connectivity index (χ1n) is 8.10. The van der Waals surface area contributed by atoms with Crippen LogP contribution in [0.1, 0.15) is 0 Å². The molecule has 26 heavy (non-hydrogen) atoms. The van der Waals surface area contributed by atoms with Crippen LogP contribution in [0.4, 0.5) is 20.6 Å². The zero-order valence-electron chi connectivity index (χ0n) is 13.9. The van der Waals surface area contributed by atoms with Crippen LogP contribution in [-0.2, 0) is 4.74 Å². The molecule has 0 spiro atoms. The second-order valence-electron chi connectivity index (χ2n) is 6.00. The van der Waals surface area contributed by atoms with Gasteiger partial charge in [0.1, 0.15) is 11.9 Å². The number of isothiocyanates is 1. The van der Waals surface area contributed by atoms with Gasteiger partial charge in [0.25, 0.3) is 0 Å². The molecule has 2 aliphatic rings. The van der Waals surface area contributed by atoms with Crippen molar-refractivity contribution < 1.29 is 13.9 Å². The van der Waals surface area contributed by atoms with Crippen LogP contribution in [0.2, 0.25) is 0 Å². The Kier molecular flexibility index (Phi) is 5.65. The molecule has 138 valence electrons. The maximum absolute atomic E-state index is 14.6. The predicted octanol–water partition coefficient (Wildman–Crippen LogP) is 1.62. The molecule has 3 rings (SSSR count). The number of carbonyl (C=O) groups is 1. The van der Waals surface area contributed by atoms with Crippen molar-refractivity contribution in [3.63, 3.8) is 0 Å². The summed E-state index contributed by atoms with van der Waals surface area (Å²) in [5, 5.41) is 2.60. The number of amides is 1. The van der Waals surface area contributed by atoms with Crippen LogP contribution in [-0.4, -0.2) is 66.6 Å². The zero-order chi connectivity index (χ0) is 18.7. The van der Waals surface area contributed by atoms with Gasteiger partial charge in [-0.1, -0.05) is 0 Å². The maximum Gasteiger partial charge on any atom is 0.414 e. The standard InChI is InChI=1S/C16H18FN5O2S2/c17-13-7-11(22-9-12(8-19-10-25)24-16(22)23)1-2-14(13)20-3-5-21(6-4-20)15(18)26/h1-2,7,12H,3-6,8-9H2,(H2,18,26). The minimum atomic E-state index is -0.521. The summed E-state index contributed by atoms with van der Waals surface area (Å²) in [6.45, 7) is 3.09. The average molecular weight is 395 g/mol. The summed E-state index contributed by atoms with van der Waals surface area (Å²) in [6, 6.07) is 4.74. The van der Waals surface area contributed by atoms with Gasteiger partial charge in [-0.05, 0) is 42.6 Å². The number of thiocarbonyl (C=S) groups is 2. The molecule has 2 saturated heterocycles. The summed E-state index contributed by atoms with van der Waals surface area (Å²) in [6.07, 6.45) is -0.930. The Bertz CT molecular complexity index is 763. The molecule has 0 saturated carbocycles. The lowest BCUT2D eigenvalue weighted by Gasteiger charge is -2.36. The molecule has 0 aromatic heterocycles. The van der Waals surface area contributed by atoms with E-state index in [0.29, 0.717) is 49.2 Å². The molecule has 2 aliphatic heterocycles. The highest BCUT2D eigenvalue weighted by Crippen LogP contribution is 2.28. The number of aliphatic imine (C=N–C) groups is 1. The fraction of sp³-hybridized carbons (Fsp3) is 0.438. The Hall–Kier alpha value is -2.29. The predicted molar refractivity (Wildman–Crippen MR) is 104 cm³/mol. The lowest BCUT2D eigenvalue weighted by atomic mass is 10.2. The van der Waals surface area contributed by atoms with Crippen molar-refractivity contribution in [2.75, 3.05) is 49.1 Å². The number of ether oxygens (including phenoxy) is 1. The SMILES string of the molecule is NC(=S)N1CCN(c2ccc(N3CC(CN=C=S)OC3=O)cc2F)CC1. The normalized spacial score (nSPS) is 20.0. The number of nitrogens with two attached hydrogens (primary N) is 1. The molecule has 1 aromatic rings. The van der Waals surface area contributed by atoms with Gasteiger partial charge < -0.3 is 20.3 Å². The van der Waals surface area contributed by atoms with Crippen LogP contribution < -0.4 is 15.5 Å². The van der Waals surface area contributed by atoms with Crippen LogP contribution in [0.15, 0.2) is 23.2 Å². The van der Waals surface area contributed by atoms with Crippen molar-refractivity contribution in [1.82, 2.24) is 4.90 Å². The van der Waals surface area contributed by atoms with Gasteiger partial charge in [0, 0.05) is 26.2 Å². The topological polar surface area (TPSA) is 74.4 Å². The third-order valence-corrected chi connectivity index (χ3v) is 4.80. The Morgan fingerprint density at radius 1 is 1.38 bits per heavy atom. The number of carbonyl (C=O) groups excluding carboxylic acids is 1. The smallest absolute Gasteiger partial charge is 0.414 e. The summed E-state index contributed by atoms with van der Waals surface area (Å²) in [7, 11) is 0. The van der Waals surface area contributed by atoms with Crippen LogP contribution in [0.5, 0.6) is 0 Å². The zero-order valence-corrected chi connectivity index (χ0v) is 15.6. The quantitative estimate of drug-likeness (QED) is 0.613. The number of hydrogen-bond donors (Lipinski definition) is 1. The highest BCUT2D eigenvalue weighted by atomic mass is 32.1. The summed E-state index contributed by atoms with van der Waals surface area (Å²) in [5.74, 6) is -0.389. The van der Waals surface area contributed by atoms with E-state index in [1.807, 2.05) is 9.80 Å². The van der Waals surface area contributed by atoms with Crippen LogP contribution >= 0.6 is 24.4 Å². The van der Waals surface area contributed by atoms with Crippen molar-refractivity contribution in [1.29, 1.82) is 0 Å². The van der Waals surface area contributed by atoms with Crippen LogP contribution in [0, 0.1) is 5.82 Å². The number of benzene rings is 1. The Balaban J connectivity index is 1.69. The molecule has 2 N–H and O–H groups in total. The Morgan fingerprint density at radius 3 is 2.73 bits per heavy atom. The maximum atomic E-state index is 14.6. The molecule has 1 amide bonds. The lowest BCUT2D eigenvalue weighted by molar-refractivity contribution is 0.145. The van der Waals surface area contributed by atoms with E-state index in [1.54, 1.807) is 12.1 Å². The third kappa shape index (κ3) is 3.92. The molecule has 7 nitrogen and oxygen atoms in total. The van der Waals surface area contributed by atoms with Crippen molar-refractivity contribution >= 4 is 52.2 Å². The second kappa shape index (κ2) is 7.94. The van der Waals surface area contributed by atoms with Gasteiger partial charge in [-0.3, -0.25) is 4.90 Å². The van der Waals surface area contributed by atoms with E-state index in [1.165, 1.54) is 11.0 Å². The molecule has 0 bridgehead atoms. The first-order chi connectivity index (χ1) is 12.5. The van der Waals surface area contributed by atoms with Gasteiger partial charge in [0.15, 0.2) is 5.11 Å². The monoisotopic (exact) mass is 395 g/mol. The van der Waals surface area contributed by atoms with E-state index >= 15 is 0 Å². The molecular formula is C16H18FN5O2S2. The molecule has 1 aromatic carbocycles. The molecule has 10 heteroatoms. The molecule has 0 radical (unpaired) electrons. The van der Waals surface area contributed by atoms with E-state index in [-0.39, 0.29) is 12.4 Å². The van der Waals surface area contributed by atoms with Gasteiger partial charge in [-0.25, -0.2) is 14.2 Å². The van der Waals surface area contributed by atoms with E-state index in [4.69, 9.17) is 22.7 Å². The minimum absolute atomic E-state index is 0.250. The number of halogens is 1. The van der Waals surface area contributed by atoms with Gasteiger partial charge >= 0.3 is 6.09 Å². The number of anilines is 2. The van der Waals surface area contributed by atoms with Gasteiger partial charge in [0.2, 0.25) is 0 Å². The van der Waals surface area contributed by atoms with Gasteiger partial charge in [-0.15, -0.1) is 0 Å². The summed E-state index contributed by atoms with van der Waals surface area (Å²) >= 11 is 9.48. The fourth-order valence-corrected chi connectivity index (χ4v) is 3.31. The lowest BCUT2D eigenvalue weighted by Crippen LogP contribution is -2.50. The molecule has 0 aliphatic carbocycles. The fourth-order valence-electron chi connectivity index (χ4n) is 3.05. The third-order valence-electron chi connectivity index (χ3n) is 4.41. The van der Waals surface area contributed by atoms with Gasteiger partial charge in [0.05, 0.1) is 29.6 Å². The minimum Gasteiger partial charge on any atom is -0.442 e. The largest absolute Gasteiger partial charge is 0.442 e. The van der Waals surface area contributed by atoms with Gasteiger partial charge in [-0.2, -0.15) is 0 Å². The Labute approximate surface area is 161 Å². The first-order valence-corrected chi connectivity index (χ1v) is 8.92. The van der Waals surface area contributed by atoms with Crippen molar-refractivity contribution in [3.8, 4) is 0 Å². The van der Waals surface area contributed by atoms with Crippen molar-refractivity contribution in [3.05, 3.63) is 24.0 Å². The van der Waals surface area contributed by atoms with E-state index in [0.717, 1.165) is 0 Å².